The first-order valence-corrected chi connectivity index (χ1v) is 10.9. The molecule has 3 rings (SSSR count). The number of amides is 2. The third kappa shape index (κ3) is 8.26. The number of anilines is 1. The van der Waals surface area contributed by atoms with Crippen LogP contribution in [-0.4, -0.2) is 23.8 Å². The van der Waals surface area contributed by atoms with Crippen molar-refractivity contribution in [1.29, 1.82) is 0 Å². The zero-order chi connectivity index (χ0) is 23.5. The van der Waals surface area contributed by atoms with Crippen LogP contribution in [0.3, 0.4) is 0 Å². The largest absolute Gasteiger partial charge is 0.461 e. The standard InChI is InChI=1S/C27H28N2O4/c1-20-12-14-23(15-13-20)28-27(32)24(29-25(30)18-21-8-4-2-5-9-21)16-17-26(31)33-19-22-10-6-3-7-11-22/h2-15,24H,16-19H2,1H3,(H,28,32)(H,29,30). The first kappa shape index (κ1) is 23.7. The van der Waals surface area contributed by atoms with Gasteiger partial charge >= 0.3 is 5.97 Å². The van der Waals surface area contributed by atoms with E-state index in [4.69, 9.17) is 4.74 Å². The van der Waals surface area contributed by atoms with E-state index in [9.17, 15) is 14.4 Å². The lowest BCUT2D eigenvalue weighted by molar-refractivity contribution is -0.145. The molecule has 33 heavy (non-hydrogen) atoms. The molecule has 0 bridgehead atoms. The highest BCUT2D eigenvalue weighted by atomic mass is 16.5. The quantitative estimate of drug-likeness (QED) is 0.460. The average Bonchev–Trinajstić information content (AvgIpc) is 2.83. The molecule has 6 heteroatoms. The van der Waals surface area contributed by atoms with E-state index in [2.05, 4.69) is 10.6 Å². The van der Waals surface area contributed by atoms with E-state index in [-0.39, 0.29) is 37.7 Å². The van der Waals surface area contributed by atoms with Gasteiger partial charge in [0.15, 0.2) is 0 Å². The molecule has 6 nitrogen and oxygen atoms in total. The van der Waals surface area contributed by atoms with Crippen molar-refractivity contribution >= 4 is 23.5 Å². The van der Waals surface area contributed by atoms with Gasteiger partial charge in [-0.1, -0.05) is 78.4 Å². The second-order valence-corrected chi connectivity index (χ2v) is 7.82. The van der Waals surface area contributed by atoms with Crippen LogP contribution in [0.5, 0.6) is 0 Å². The Morgan fingerprint density at radius 3 is 2.06 bits per heavy atom. The van der Waals surface area contributed by atoms with Crippen molar-refractivity contribution in [1.82, 2.24) is 5.32 Å². The lowest BCUT2D eigenvalue weighted by Crippen LogP contribution is -2.44. The first-order chi connectivity index (χ1) is 16.0. The van der Waals surface area contributed by atoms with Crippen molar-refractivity contribution in [3.05, 3.63) is 102 Å². The Kier molecular flexibility index (Phi) is 8.77. The Morgan fingerprint density at radius 2 is 1.42 bits per heavy atom. The van der Waals surface area contributed by atoms with Gasteiger partial charge in [0, 0.05) is 12.1 Å². The van der Waals surface area contributed by atoms with Gasteiger partial charge < -0.3 is 15.4 Å². The van der Waals surface area contributed by atoms with Gasteiger partial charge in [-0.3, -0.25) is 14.4 Å². The number of hydrogen-bond acceptors (Lipinski definition) is 4. The van der Waals surface area contributed by atoms with E-state index in [1.165, 1.54) is 0 Å². The summed E-state index contributed by atoms with van der Waals surface area (Å²) in [6, 6.07) is 25.2. The zero-order valence-electron chi connectivity index (χ0n) is 18.6. The summed E-state index contributed by atoms with van der Waals surface area (Å²) in [7, 11) is 0. The topological polar surface area (TPSA) is 84.5 Å². The Balaban J connectivity index is 1.59. The molecule has 0 aliphatic carbocycles. The molecule has 0 aromatic heterocycles. The van der Waals surface area contributed by atoms with Crippen molar-refractivity contribution in [2.24, 2.45) is 0 Å². The molecule has 1 unspecified atom stereocenters. The third-order valence-electron chi connectivity index (χ3n) is 5.06. The van der Waals surface area contributed by atoms with E-state index in [1.54, 1.807) is 12.1 Å². The van der Waals surface area contributed by atoms with Crippen molar-refractivity contribution in [2.75, 3.05) is 5.32 Å². The predicted molar refractivity (Wildman–Crippen MR) is 127 cm³/mol. The van der Waals surface area contributed by atoms with E-state index in [0.717, 1.165) is 16.7 Å². The maximum Gasteiger partial charge on any atom is 0.306 e. The number of esters is 1. The van der Waals surface area contributed by atoms with E-state index < -0.39 is 12.0 Å². The van der Waals surface area contributed by atoms with Crippen LogP contribution in [0.15, 0.2) is 84.9 Å². The van der Waals surface area contributed by atoms with E-state index in [1.807, 2.05) is 79.7 Å². The maximum absolute atomic E-state index is 12.9. The molecule has 0 saturated heterocycles. The Labute approximate surface area is 194 Å². The number of carbonyl (C=O) groups excluding carboxylic acids is 3. The normalized spacial score (nSPS) is 11.3. The van der Waals surface area contributed by atoms with Gasteiger partial charge in [0.25, 0.3) is 0 Å². The highest BCUT2D eigenvalue weighted by molar-refractivity contribution is 5.97. The smallest absolute Gasteiger partial charge is 0.306 e. The minimum absolute atomic E-state index is 0.00440. The second kappa shape index (κ2) is 12.2. The van der Waals surface area contributed by atoms with Crippen molar-refractivity contribution in [3.63, 3.8) is 0 Å². The van der Waals surface area contributed by atoms with Gasteiger partial charge in [0.1, 0.15) is 12.6 Å². The highest BCUT2D eigenvalue weighted by Crippen LogP contribution is 2.11. The van der Waals surface area contributed by atoms with Crippen LogP contribution in [0.2, 0.25) is 0 Å². The third-order valence-corrected chi connectivity index (χ3v) is 5.06. The Morgan fingerprint density at radius 1 is 0.818 bits per heavy atom. The Hall–Kier alpha value is -3.93. The van der Waals surface area contributed by atoms with Crippen LogP contribution >= 0.6 is 0 Å². The van der Waals surface area contributed by atoms with E-state index >= 15 is 0 Å². The highest BCUT2D eigenvalue weighted by Gasteiger charge is 2.22. The van der Waals surface area contributed by atoms with Gasteiger partial charge in [-0.25, -0.2) is 0 Å². The molecule has 0 fully saturated rings. The van der Waals surface area contributed by atoms with Gasteiger partial charge in [0.2, 0.25) is 11.8 Å². The van der Waals surface area contributed by atoms with Crippen LogP contribution in [0, 0.1) is 6.92 Å². The van der Waals surface area contributed by atoms with E-state index in [0.29, 0.717) is 5.69 Å². The molecule has 2 amide bonds. The number of benzene rings is 3. The molecule has 0 heterocycles. The number of carbonyl (C=O) groups is 3. The lowest BCUT2D eigenvalue weighted by atomic mass is 10.1. The molecule has 3 aromatic rings. The summed E-state index contributed by atoms with van der Waals surface area (Å²) < 4.78 is 5.31. The number of ether oxygens (including phenoxy) is 1. The minimum atomic E-state index is -0.869. The molecular weight excluding hydrogens is 416 g/mol. The number of aryl methyl sites for hydroxylation is 1. The summed E-state index contributed by atoms with van der Waals surface area (Å²) in [5, 5.41) is 5.58. The van der Waals surface area contributed by atoms with Crippen molar-refractivity contribution in [2.45, 2.75) is 38.8 Å². The maximum atomic E-state index is 12.9. The molecule has 0 saturated carbocycles. The van der Waals surface area contributed by atoms with Crippen LogP contribution < -0.4 is 10.6 Å². The summed E-state index contributed by atoms with van der Waals surface area (Å²) in [6.45, 7) is 2.12. The number of nitrogens with one attached hydrogen (secondary N) is 2. The minimum Gasteiger partial charge on any atom is -0.461 e. The molecule has 1 atom stereocenters. The summed E-state index contributed by atoms with van der Waals surface area (Å²) in [6.07, 6.45) is 0.282. The molecule has 0 aliphatic rings. The van der Waals surface area contributed by atoms with Crippen LogP contribution in [0.4, 0.5) is 5.69 Å². The second-order valence-electron chi connectivity index (χ2n) is 7.82. The molecule has 0 radical (unpaired) electrons. The first-order valence-electron chi connectivity index (χ1n) is 10.9. The fraction of sp³-hybridized carbons (Fsp3) is 0.222. The fourth-order valence-corrected chi connectivity index (χ4v) is 3.23. The summed E-state index contributed by atoms with van der Waals surface area (Å²) in [4.78, 5) is 37.7. The summed E-state index contributed by atoms with van der Waals surface area (Å²) in [5.41, 5.74) is 3.42. The molecule has 2 N–H and O–H groups in total. The molecular formula is C27H28N2O4. The Bertz CT molecular complexity index is 1050. The summed E-state index contributed by atoms with van der Waals surface area (Å²) >= 11 is 0. The average molecular weight is 445 g/mol. The SMILES string of the molecule is Cc1ccc(NC(=O)C(CCC(=O)OCc2ccccc2)NC(=O)Cc2ccccc2)cc1. The molecule has 0 spiro atoms. The van der Waals surface area contributed by atoms with Crippen molar-refractivity contribution < 1.29 is 19.1 Å². The summed E-state index contributed by atoms with van der Waals surface area (Å²) in [5.74, 6) is -1.09. The molecule has 3 aromatic carbocycles. The fourth-order valence-electron chi connectivity index (χ4n) is 3.23. The van der Waals surface area contributed by atoms with Gasteiger partial charge in [-0.05, 0) is 36.6 Å². The monoisotopic (exact) mass is 444 g/mol. The van der Waals surface area contributed by atoms with Crippen LogP contribution in [0.25, 0.3) is 0 Å². The predicted octanol–water partition coefficient (Wildman–Crippen LogP) is 4.18. The van der Waals surface area contributed by atoms with Crippen LogP contribution in [0.1, 0.15) is 29.5 Å². The van der Waals surface area contributed by atoms with Gasteiger partial charge in [-0.2, -0.15) is 0 Å². The molecule has 170 valence electrons. The number of rotatable bonds is 10. The van der Waals surface area contributed by atoms with Gasteiger partial charge in [-0.15, -0.1) is 0 Å². The molecule has 0 aliphatic heterocycles. The van der Waals surface area contributed by atoms with Gasteiger partial charge in [0.05, 0.1) is 6.42 Å². The lowest BCUT2D eigenvalue weighted by Gasteiger charge is -2.18. The van der Waals surface area contributed by atoms with Crippen molar-refractivity contribution in [3.8, 4) is 0 Å². The zero-order valence-corrected chi connectivity index (χ0v) is 18.6. The van der Waals surface area contributed by atoms with Crippen LogP contribution in [-0.2, 0) is 32.1 Å². The number of hydrogen-bond donors (Lipinski definition) is 2.